The summed E-state index contributed by atoms with van der Waals surface area (Å²) in [6, 6.07) is 5.27. The number of aryl methyl sites for hydroxylation is 1. The number of halogens is 2. The second-order valence-electron chi connectivity index (χ2n) is 4.63. The molecule has 16 heavy (non-hydrogen) atoms. The topological polar surface area (TPSA) is 9.23 Å². The van der Waals surface area contributed by atoms with Gasteiger partial charge in [-0.05, 0) is 43.9 Å². The van der Waals surface area contributed by atoms with Gasteiger partial charge >= 0.3 is 0 Å². The number of hydrogen-bond acceptors (Lipinski definition) is 1. The average Bonchev–Trinajstić information content (AvgIpc) is 2.21. The average molecular weight is 243 g/mol. The van der Waals surface area contributed by atoms with E-state index in [2.05, 4.69) is 0 Å². The van der Waals surface area contributed by atoms with E-state index in [9.17, 15) is 4.39 Å². The third kappa shape index (κ3) is 2.23. The minimum Gasteiger partial charge on any atom is -0.370 e. The Balaban J connectivity index is 2.31. The van der Waals surface area contributed by atoms with Gasteiger partial charge in [0.15, 0.2) is 0 Å². The molecule has 0 radical (unpaired) electrons. The van der Waals surface area contributed by atoms with Gasteiger partial charge in [-0.3, -0.25) is 0 Å². The lowest BCUT2D eigenvalue weighted by molar-refractivity contribution is -0.0685. The van der Waals surface area contributed by atoms with Crippen molar-refractivity contribution in [2.24, 2.45) is 0 Å². The quantitative estimate of drug-likeness (QED) is 0.682. The zero-order valence-corrected chi connectivity index (χ0v) is 10.4. The van der Waals surface area contributed by atoms with Crippen LogP contribution in [-0.4, -0.2) is 12.0 Å². The fraction of sp³-hybridized carbons (Fsp3) is 0.538. The number of rotatable bonds is 1. The Kier molecular flexibility index (Phi) is 3.22. The highest BCUT2D eigenvalue weighted by Crippen LogP contribution is 2.37. The molecule has 3 heteroatoms. The first kappa shape index (κ1) is 11.9. The van der Waals surface area contributed by atoms with Gasteiger partial charge in [-0.2, -0.15) is 0 Å². The van der Waals surface area contributed by atoms with Gasteiger partial charge in [0.1, 0.15) is 5.82 Å². The summed E-state index contributed by atoms with van der Waals surface area (Å²) < 4.78 is 19.3. The third-order valence-electron chi connectivity index (χ3n) is 3.25. The first-order valence-corrected chi connectivity index (χ1v) is 5.99. The van der Waals surface area contributed by atoms with Crippen molar-refractivity contribution in [1.82, 2.24) is 0 Å². The molecular weight excluding hydrogens is 227 g/mol. The molecule has 1 heterocycles. The van der Waals surface area contributed by atoms with Gasteiger partial charge in [-0.1, -0.05) is 12.1 Å². The van der Waals surface area contributed by atoms with Crippen molar-refractivity contribution >= 4 is 11.6 Å². The van der Waals surface area contributed by atoms with Crippen LogP contribution in [0.5, 0.6) is 0 Å². The second kappa shape index (κ2) is 4.34. The molecule has 1 aliphatic heterocycles. The van der Waals surface area contributed by atoms with Crippen LogP contribution in [0.3, 0.4) is 0 Å². The monoisotopic (exact) mass is 242 g/mol. The van der Waals surface area contributed by atoms with Crippen molar-refractivity contribution in [3.05, 3.63) is 35.1 Å². The molecule has 0 amide bonds. The summed E-state index contributed by atoms with van der Waals surface area (Å²) in [5.74, 6) is -0.181. The minimum atomic E-state index is -0.445. The third-order valence-corrected chi connectivity index (χ3v) is 3.62. The van der Waals surface area contributed by atoms with E-state index in [4.69, 9.17) is 16.3 Å². The summed E-state index contributed by atoms with van der Waals surface area (Å²) in [5, 5.41) is 0.114. The standard InChI is InChI=1S/C13H16ClFO/c1-9-3-4-10(7-12(9)15)13(2)8-11(14)5-6-16-13/h3-4,7,11H,5-6,8H2,1-2H3. The summed E-state index contributed by atoms with van der Waals surface area (Å²) in [6.45, 7) is 4.37. The van der Waals surface area contributed by atoms with Gasteiger partial charge in [0.05, 0.1) is 5.60 Å². The Bertz CT molecular complexity index is 394. The summed E-state index contributed by atoms with van der Waals surface area (Å²) in [5.41, 5.74) is 1.09. The Labute approximate surface area is 101 Å². The van der Waals surface area contributed by atoms with Gasteiger partial charge in [-0.25, -0.2) is 4.39 Å². The van der Waals surface area contributed by atoms with Gasteiger partial charge < -0.3 is 4.74 Å². The lowest BCUT2D eigenvalue weighted by atomic mass is 9.87. The Hall–Kier alpha value is -0.600. The molecule has 0 N–H and O–H groups in total. The van der Waals surface area contributed by atoms with E-state index in [1.165, 1.54) is 0 Å². The number of alkyl halides is 1. The molecule has 2 atom stereocenters. The van der Waals surface area contributed by atoms with Crippen LogP contribution in [0.2, 0.25) is 0 Å². The molecule has 0 aliphatic carbocycles. The van der Waals surface area contributed by atoms with Gasteiger partial charge in [-0.15, -0.1) is 11.6 Å². The largest absolute Gasteiger partial charge is 0.370 e. The van der Waals surface area contributed by atoms with E-state index in [0.29, 0.717) is 12.2 Å². The maximum Gasteiger partial charge on any atom is 0.126 e. The zero-order valence-electron chi connectivity index (χ0n) is 9.59. The molecule has 0 bridgehead atoms. The molecule has 2 unspecified atom stereocenters. The van der Waals surface area contributed by atoms with Gasteiger partial charge in [0, 0.05) is 12.0 Å². The second-order valence-corrected chi connectivity index (χ2v) is 5.25. The first-order valence-electron chi connectivity index (χ1n) is 5.56. The molecular formula is C13H16ClFO. The number of ether oxygens (including phenoxy) is 1. The fourth-order valence-electron chi connectivity index (χ4n) is 2.12. The molecule has 1 aliphatic rings. The summed E-state index contributed by atoms with van der Waals surface area (Å²) in [6.07, 6.45) is 1.60. The molecule has 0 saturated carbocycles. The van der Waals surface area contributed by atoms with Crippen molar-refractivity contribution in [3.8, 4) is 0 Å². The lowest BCUT2D eigenvalue weighted by Crippen LogP contribution is -2.35. The Morgan fingerprint density at radius 2 is 2.25 bits per heavy atom. The zero-order chi connectivity index (χ0) is 11.8. The molecule has 1 saturated heterocycles. The predicted octanol–water partition coefficient (Wildman–Crippen LogP) is 3.77. The maximum atomic E-state index is 13.5. The highest BCUT2D eigenvalue weighted by atomic mass is 35.5. The summed E-state index contributed by atoms with van der Waals surface area (Å²) in [7, 11) is 0. The van der Waals surface area contributed by atoms with E-state index in [1.54, 1.807) is 19.1 Å². The highest BCUT2D eigenvalue weighted by Gasteiger charge is 2.34. The van der Waals surface area contributed by atoms with Crippen LogP contribution in [0.25, 0.3) is 0 Å². The van der Waals surface area contributed by atoms with Gasteiger partial charge in [0.25, 0.3) is 0 Å². The summed E-state index contributed by atoms with van der Waals surface area (Å²) >= 11 is 6.15. The van der Waals surface area contributed by atoms with E-state index in [-0.39, 0.29) is 11.2 Å². The molecule has 88 valence electrons. The molecule has 0 aromatic heterocycles. The van der Waals surface area contributed by atoms with Crippen molar-refractivity contribution in [2.45, 2.75) is 37.7 Å². The van der Waals surface area contributed by atoms with E-state index < -0.39 is 5.60 Å². The Morgan fingerprint density at radius 1 is 1.50 bits per heavy atom. The molecule has 0 spiro atoms. The van der Waals surface area contributed by atoms with Crippen LogP contribution >= 0.6 is 11.6 Å². The maximum absolute atomic E-state index is 13.5. The molecule has 1 fully saturated rings. The number of benzene rings is 1. The smallest absolute Gasteiger partial charge is 0.126 e. The van der Waals surface area contributed by atoms with Crippen LogP contribution in [0, 0.1) is 12.7 Å². The minimum absolute atomic E-state index is 0.114. The lowest BCUT2D eigenvalue weighted by Gasteiger charge is -2.36. The van der Waals surface area contributed by atoms with Crippen molar-refractivity contribution in [3.63, 3.8) is 0 Å². The van der Waals surface area contributed by atoms with Crippen molar-refractivity contribution < 1.29 is 9.13 Å². The van der Waals surface area contributed by atoms with E-state index in [1.807, 2.05) is 13.0 Å². The molecule has 1 nitrogen and oxygen atoms in total. The van der Waals surface area contributed by atoms with Crippen LogP contribution < -0.4 is 0 Å². The van der Waals surface area contributed by atoms with Crippen molar-refractivity contribution in [1.29, 1.82) is 0 Å². The normalized spacial score (nSPS) is 30.4. The van der Waals surface area contributed by atoms with E-state index >= 15 is 0 Å². The van der Waals surface area contributed by atoms with Crippen LogP contribution in [0.1, 0.15) is 30.9 Å². The van der Waals surface area contributed by atoms with E-state index in [0.717, 1.165) is 18.4 Å². The van der Waals surface area contributed by atoms with Crippen molar-refractivity contribution in [2.75, 3.05) is 6.61 Å². The number of hydrogen-bond donors (Lipinski definition) is 0. The molecule has 2 rings (SSSR count). The predicted molar refractivity (Wildman–Crippen MR) is 63.3 cm³/mol. The molecule has 1 aromatic rings. The SMILES string of the molecule is Cc1ccc(C2(C)CC(Cl)CCO2)cc1F. The van der Waals surface area contributed by atoms with Crippen LogP contribution in [0.4, 0.5) is 4.39 Å². The van der Waals surface area contributed by atoms with Gasteiger partial charge in [0.2, 0.25) is 0 Å². The summed E-state index contributed by atoms with van der Waals surface area (Å²) in [4.78, 5) is 0. The van der Waals surface area contributed by atoms with Crippen LogP contribution in [0.15, 0.2) is 18.2 Å². The first-order chi connectivity index (χ1) is 7.51. The van der Waals surface area contributed by atoms with Crippen LogP contribution in [-0.2, 0) is 10.3 Å². The highest BCUT2D eigenvalue weighted by molar-refractivity contribution is 6.20. The Morgan fingerprint density at radius 3 is 2.88 bits per heavy atom. The fourth-order valence-corrected chi connectivity index (χ4v) is 2.50. The molecule has 1 aromatic carbocycles.